The first kappa shape index (κ1) is 12.6. The summed E-state index contributed by atoms with van der Waals surface area (Å²) in [6.45, 7) is 0.166. The maximum Gasteiger partial charge on any atom is 0.129 e. The first-order valence-electron chi connectivity index (χ1n) is 5.27. The molecule has 0 heterocycles. The highest BCUT2D eigenvalue weighted by Gasteiger charge is 2.11. The minimum absolute atomic E-state index is 0.166. The highest BCUT2D eigenvalue weighted by molar-refractivity contribution is 5.49. The number of hydrogen-bond acceptors (Lipinski definition) is 4. The van der Waals surface area contributed by atoms with E-state index in [0.29, 0.717) is 24.3 Å². The van der Waals surface area contributed by atoms with Gasteiger partial charge in [0.05, 0.1) is 14.2 Å². The number of aliphatic hydroxyl groups excluding tert-OH is 1. The van der Waals surface area contributed by atoms with Crippen LogP contribution in [-0.4, -0.2) is 31.0 Å². The molecule has 1 aromatic carbocycles. The lowest BCUT2D eigenvalue weighted by molar-refractivity contribution is 0.284. The number of unbranched alkanes of at least 4 members (excludes halogenated alkanes) is 1. The summed E-state index contributed by atoms with van der Waals surface area (Å²) >= 11 is 0. The largest absolute Gasteiger partial charge is 0.507 e. The molecule has 4 nitrogen and oxygen atoms in total. The van der Waals surface area contributed by atoms with Crippen LogP contribution in [-0.2, 0) is 6.42 Å². The molecule has 0 aliphatic heterocycles. The van der Waals surface area contributed by atoms with Gasteiger partial charge in [-0.05, 0) is 19.3 Å². The lowest BCUT2D eigenvalue weighted by Crippen LogP contribution is -1.96. The number of hydrogen-bond donors (Lipinski definition) is 2. The molecule has 0 saturated heterocycles. The topological polar surface area (TPSA) is 58.9 Å². The average molecular weight is 226 g/mol. The number of rotatable bonds is 6. The van der Waals surface area contributed by atoms with E-state index in [0.717, 1.165) is 12.0 Å². The van der Waals surface area contributed by atoms with Gasteiger partial charge in [-0.15, -0.1) is 0 Å². The summed E-state index contributed by atoms with van der Waals surface area (Å²) in [6.07, 6.45) is 2.21. The Balaban J connectivity index is 2.88. The number of phenols is 1. The zero-order chi connectivity index (χ0) is 12.0. The summed E-state index contributed by atoms with van der Waals surface area (Å²) in [5.74, 6) is 1.36. The standard InChI is InChI=1S/C12H18O4/c1-15-9-7-11(14)10(5-3-4-6-13)12(8-9)16-2/h7-8,13-14H,3-6H2,1-2H3. The van der Waals surface area contributed by atoms with Gasteiger partial charge in [-0.3, -0.25) is 0 Å². The molecule has 0 unspecified atom stereocenters. The Kier molecular flexibility index (Phi) is 4.92. The summed E-state index contributed by atoms with van der Waals surface area (Å²) in [5.41, 5.74) is 0.761. The summed E-state index contributed by atoms with van der Waals surface area (Å²) < 4.78 is 10.2. The van der Waals surface area contributed by atoms with E-state index in [1.54, 1.807) is 26.4 Å². The van der Waals surface area contributed by atoms with Crippen LogP contribution in [0.4, 0.5) is 0 Å². The van der Waals surface area contributed by atoms with Crippen molar-refractivity contribution in [3.63, 3.8) is 0 Å². The van der Waals surface area contributed by atoms with E-state index in [2.05, 4.69) is 0 Å². The SMILES string of the molecule is COc1cc(O)c(CCCCO)c(OC)c1. The van der Waals surface area contributed by atoms with Crippen molar-refractivity contribution in [2.24, 2.45) is 0 Å². The number of ether oxygens (including phenoxy) is 2. The van der Waals surface area contributed by atoms with Crippen molar-refractivity contribution >= 4 is 0 Å². The molecule has 1 aromatic rings. The van der Waals surface area contributed by atoms with Gasteiger partial charge in [0, 0.05) is 24.3 Å². The molecule has 2 N–H and O–H groups in total. The molecule has 0 radical (unpaired) electrons. The molecule has 0 fully saturated rings. The predicted molar refractivity (Wildman–Crippen MR) is 61.2 cm³/mol. The third kappa shape index (κ3) is 3.03. The van der Waals surface area contributed by atoms with Gasteiger partial charge >= 0.3 is 0 Å². The van der Waals surface area contributed by atoms with E-state index in [1.165, 1.54) is 0 Å². The van der Waals surface area contributed by atoms with Gasteiger partial charge in [0.15, 0.2) is 0 Å². The molecule has 0 atom stereocenters. The predicted octanol–water partition coefficient (Wildman–Crippen LogP) is 1.72. The van der Waals surface area contributed by atoms with Gasteiger partial charge in [0.2, 0.25) is 0 Å². The summed E-state index contributed by atoms with van der Waals surface area (Å²) in [5, 5.41) is 18.5. The number of phenolic OH excluding ortho intramolecular Hbond substituents is 1. The molecule has 0 aliphatic rings. The van der Waals surface area contributed by atoms with Gasteiger partial charge in [-0.1, -0.05) is 0 Å². The van der Waals surface area contributed by atoms with Crippen molar-refractivity contribution in [1.82, 2.24) is 0 Å². The molecule has 4 heteroatoms. The van der Waals surface area contributed by atoms with Crippen LogP contribution in [0.3, 0.4) is 0 Å². The van der Waals surface area contributed by atoms with Crippen molar-refractivity contribution in [3.05, 3.63) is 17.7 Å². The van der Waals surface area contributed by atoms with Crippen LogP contribution in [0, 0.1) is 0 Å². The van der Waals surface area contributed by atoms with E-state index in [-0.39, 0.29) is 12.4 Å². The maximum atomic E-state index is 9.81. The second-order valence-corrected chi connectivity index (χ2v) is 3.51. The Labute approximate surface area is 95.4 Å². The monoisotopic (exact) mass is 226 g/mol. The van der Waals surface area contributed by atoms with Crippen LogP contribution >= 0.6 is 0 Å². The van der Waals surface area contributed by atoms with E-state index in [4.69, 9.17) is 14.6 Å². The second-order valence-electron chi connectivity index (χ2n) is 3.51. The fourth-order valence-electron chi connectivity index (χ4n) is 1.57. The fourth-order valence-corrected chi connectivity index (χ4v) is 1.57. The summed E-state index contributed by atoms with van der Waals surface area (Å²) in [6, 6.07) is 3.31. The van der Waals surface area contributed by atoms with Crippen LogP contribution in [0.15, 0.2) is 12.1 Å². The Hall–Kier alpha value is -1.42. The maximum absolute atomic E-state index is 9.81. The van der Waals surface area contributed by atoms with Gasteiger partial charge < -0.3 is 19.7 Å². The molecule has 0 spiro atoms. The summed E-state index contributed by atoms with van der Waals surface area (Å²) in [4.78, 5) is 0. The zero-order valence-corrected chi connectivity index (χ0v) is 9.69. The molecule has 0 bridgehead atoms. The number of aromatic hydroxyl groups is 1. The molecule has 0 aromatic heterocycles. The molecule has 1 rings (SSSR count). The van der Waals surface area contributed by atoms with Crippen molar-refractivity contribution in [1.29, 1.82) is 0 Å². The minimum atomic E-state index is 0.166. The van der Waals surface area contributed by atoms with Crippen molar-refractivity contribution in [2.45, 2.75) is 19.3 Å². The van der Waals surface area contributed by atoms with Gasteiger partial charge in [-0.2, -0.15) is 0 Å². The summed E-state index contributed by atoms with van der Waals surface area (Å²) in [7, 11) is 3.10. The smallest absolute Gasteiger partial charge is 0.129 e. The first-order valence-corrected chi connectivity index (χ1v) is 5.27. The highest BCUT2D eigenvalue weighted by atomic mass is 16.5. The van der Waals surface area contributed by atoms with Crippen molar-refractivity contribution in [3.8, 4) is 17.2 Å². The van der Waals surface area contributed by atoms with Gasteiger partial charge in [0.1, 0.15) is 17.2 Å². The van der Waals surface area contributed by atoms with Gasteiger partial charge in [0.25, 0.3) is 0 Å². The number of aliphatic hydroxyl groups is 1. The van der Waals surface area contributed by atoms with Gasteiger partial charge in [-0.25, -0.2) is 0 Å². The lowest BCUT2D eigenvalue weighted by Gasteiger charge is -2.12. The molecule has 90 valence electrons. The molecule has 0 amide bonds. The molecule has 16 heavy (non-hydrogen) atoms. The molecule has 0 saturated carbocycles. The van der Waals surface area contributed by atoms with E-state index >= 15 is 0 Å². The Bertz CT molecular complexity index is 336. The Morgan fingerprint density at radius 1 is 1.12 bits per heavy atom. The third-order valence-corrected chi connectivity index (χ3v) is 2.45. The van der Waals surface area contributed by atoms with E-state index < -0.39 is 0 Å². The Morgan fingerprint density at radius 3 is 2.44 bits per heavy atom. The Morgan fingerprint density at radius 2 is 1.88 bits per heavy atom. The molecule has 0 aliphatic carbocycles. The van der Waals surface area contributed by atoms with Crippen LogP contribution in [0.1, 0.15) is 18.4 Å². The average Bonchev–Trinajstić information content (AvgIpc) is 2.30. The fraction of sp³-hybridized carbons (Fsp3) is 0.500. The third-order valence-electron chi connectivity index (χ3n) is 2.45. The zero-order valence-electron chi connectivity index (χ0n) is 9.69. The number of methoxy groups -OCH3 is 2. The van der Waals surface area contributed by atoms with Crippen LogP contribution in [0.2, 0.25) is 0 Å². The van der Waals surface area contributed by atoms with Crippen LogP contribution < -0.4 is 9.47 Å². The van der Waals surface area contributed by atoms with Crippen LogP contribution in [0.5, 0.6) is 17.2 Å². The van der Waals surface area contributed by atoms with Crippen LogP contribution in [0.25, 0.3) is 0 Å². The second kappa shape index (κ2) is 6.23. The minimum Gasteiger partial charge on any atom is -0.507 e. The van der Waals surface area contributed by atoms with E-state index in [9.17, 15) is 5.11 Å². The highest BCUT2D eigenvalue weighted by Crippen LogP contribution is 2.34. The van der Waals surface area contributed by atoms with Crippen molar-refractivity contribution in [2.75, 3.05) is 20.8 Å². The molecular weight excluding hydrogens is 208 g/mol. The number of benzene rings is 1. The van der Waals surface area contributed by atoms with Crippen molar-refractivity contribution < 1.29 is 19.7 Å². The quantitative estimate of drug-likeness (QED) is 0.725. The lowest BCUT2D eigenvalue weighted by atomic mass is 10.1. The normalized spacial score (nSPS) is 10.2. The molecular formula is C12H18O4. The van der Waals surface area contributed by atoms with E-state index in [1.807, 2.05) is 0 Å². The first-order chi connectivity index (χ1) is 7.72.